The summed E-state index contributed by atoms with van der Waals surface area (Å²) in [5, 5.41) is 14.3. The maximum Gasteiger partial charge on any atom is 0.407 e. The van der Waals surface area contributed by atoms with E-state index in [-0.39, 0.29) is 44.7 Å². The van der Waals surface area contributed by atoms with E-state index in [2.05, 4.69) is 34.9 Å². The Morgan fingerprint density at radius 3 is 2.19 bits per heavy atom. The summed E-state index contributed by atoms with van der Waals surface area (Å²) in [7, 11) is 0. The first-order valence-corrected chi connectivity index (χ1v) is 10.7. The first kappa shape index (κ1) is 21.8. The topological polar surface area (TPSA) is 114 Å². The molecule has 0 atom stereocenters. The maximum absolute atomic E-state index is 12.1. The van der Waals surface area contributed by atoms with Crippen molar-refractivity contribution in [2.24, 2.45) is 5.41 Å². The lowest BCUT2D eigenvalue weighted by Crippen LogP contribution is -2.37. The largest absolute Gasteiger partial charge is 0.481 e. The van der Waals surface area contributed by atoms with Gasteiger partial charge in [-0.3, -0.25) is 9.59 Å². The van der Waals surface area contributed by atoms with E-state index in [1.807, 2.05) is 24.3 Å². The SMILES string of the molecule is O=C(COCCNC(=O)OCC1c2ccccc2-c2ccccc21)NCC1(C(=O)O)CC1. The second kappa shape index (κ2) is 9.40. The number of rotatable bonds is 10. The van der Waals surface area contributed by atoms with E-state index in [1.165, 1.54) is 11.1 Å². The van der Waals surface area contributed by atoms with E-state index < -0.39 is 17.5 Å². The molecular formula is C24H26N2O6. The molecule has 2 amide bonds. The molecule has 1 saturated carbocycles. The normalized spacial score (nSPS) is 15.4. The van der Waals surface area contributed by atoms with Gasteiger partial charge in [0, 0.05) is 19.0 Å². The molecule has 32 heavy (non-hydrogen) atoms. The lowest BCUT2D eigenvalue weighted by Gasteiger charge is -2.14. The highest BCUT2D eigenvalue weighted by Crippen LogP contribution is 2.45. The van der Waals surface area contributed by atoms with Gasteiger partial charge >= 0.3 is 12.1 Å². The fourth-order valence-corrected chi connectivity index (χ4v) is 3.98. The van der Waals surface area contributed by atoms with Gasteiger partial charge in [0.1, 0.15) is 13.2 Å². The van der Waals surface area contributed by atoms with Gasteiger partial charge in [0.2, 0.25) is 5.91 Å². The van der Waals surface area contributed by atoms with E-state index in [1.54, 1.807) is 0 Å². The number of carbonyl (C=O) groups excluding carboxylic acids is 2. The van der Waals surface area contributed by atoms with Gasteiger partial charge in [0.25, 0.3) is 0 Å². The molecule has 2 aliphatic rings. The molecule has 2 aromatic carbocycles. The number of carbonyl (C=O) groups is 3. The summed E-state index contributed by atoms with van der Waals surface area (Å²) in [6.45, 7) is 0.490. The Labute approximate surface area is 185 Å². The summed E-state index contributed by atoms with van der Waals surface area (Å²) in [6, 6.07) is 16.2. The zero-order valence-electron chi connectivity index (χ0n) is 17.6. The third kappa shape index (κ3) is 4.75. The molecule has 4 rings (SSSR count). The highest BCUT2D eigenvalue weighted by atomic mass is 16.5. The third-order valence-electron chi connectivity index (χ3n) is 6.02. The van der Waals surface area contributed by atoms with Gasteiger partial charge in [-0.05, 0) is 35.1 Å². The zero-order chi connectivity index (χ0) is 22.6. The fourth-order valence-electron chi connectivity index (χ4n) is 3.98. The Bertz CT molecular complexity index is 972. The minimum Gasteiger partial charge on any atom is -0.481 e. The van der Waals surface area contributed by atoms with Crippen molar-refractivity contribution in [2.45, 2.75) is 18.8 Å². The summed E-state index contributed by atoms with van der Waals surface area (Å²) in [4.78, 5) is 34.9. The van der Waals surface area contributed by atoms with Crippen LogP contribution in [0.3, 0.4) is 0 Å². The van der Waals surface area contributed by atoms with Gasteiger partial charge in [-0.1, -0.05) is 48.5 Å². The molecule has 2 aromatic rings. The average molecular weight is 438 g/mol. The van der Waals surface area contributed by atoms with Gasteiger partial charge < -0.3 is 25.2 Å². The van der Waals surface area contributed by atoms with Crippen LogP contribution < -0.4 is 10.6 Å². The molecule has 0 aromatic heterocycles. The Morgan fingerprint density at radius 1 is 0.969 bits per heavy atom. The Hall–Kier alpha value is -3.39. The summed E-state index contributed by atoms with van der Waals surface area (Å²) in [6.07, 6.45) is 0.609. The number of benzene rings is 2. The van der Waals surface area contributed by atoms with Crippen molar-refractivity contribution in [1.82, 2.24) is 10.6 Å². The number of aliphatic carboxylic acids is 1. The Morgan fingerprint density at radius 2 is 1.59 bits per heavy atom. The molecule has 0 spiro atoms. The van der Waals surface area contributed by atoms with Crippen LogP contribution in [0, 0.1) is 5.41 Å². The summed E-state index contributed by atoms with van der Waals surface area (Å²) >= 11 is 0. The van der Waals surface area contributed by atoms with E-state index in [0.29, 0.717) is 12.8 Å². The van der Waals surface area contributed by atoms with E-state index >= 15 is 0 Å². The predicted octanol–water partition coefficient (Wildman–Crippen LogP) is 2.52. The molecule has 0 saturated heterocycles. The number of amides is 2. The highest BCUT2D eigenvalue weighted by Gasteiger charge is 2.50. The highest BCUT2D eigenvalue weighted by molar-refractivity contribution is 5.81. The number of fused-ring (bicyclic) bond motifs is 3. The van der Waals surface area contributed by atoms with Crippen molar-refractivity contribution in [3.8, 4) is 11.1 Å². The molecule has 0 heterocycles. The van der Waals surface area contributed by atoms with Gasteiger partial charge in [-0.15, -0.1) is 0 Å². The Kier molecular flexibility index (Phi) is 6.41. The maximum atomic E-state index is 12.1. The van der Waals surface area contributed by atoms with Crippen LogP contribution in [0.15, 0.2) is 48.5 Å². The summed E-state index contributed by atoms with van der Waals surface area (Å²) in [5.41, 5.74) is 3.82. The molecular weight excluding hydrogens is 412 g/mol. The van der Waals surface area contributed by atoms with Crippen molar-refractivity contribution in [1.29, 1.82) is 0 Å². The van der Waals surface area contributed by atoms with Gasteiger partial charge in [0.15, 0.2) is 0 Å². The number of ether oxygens (including phenoxy) is 2. The van der Waals surface area contributed by atoms with Crippen LogP contribution in [0.1, 0.15) is 29.9 Å². The van der Waals surface area contributed by atoms with Crippen molar-refractivity contribution in [3.63, 3.8) is 0 Å². The fraction of sp³-hybridized carbons (Fsp3) is 0.375. The molecule has 2 aliphatic carbocycles. The zero-order valence-corrected chi connectivity index (χ0v) is 17.6. The quantitative estimate of drug-likeness (QED) is 0.491. The summed E-state index contributed by atoms with van der Waals surface area (Å²) in [5.74, 6) is -1.27. The van der Waals surface area contributed by atoms with E-state index in [4.69, 9.17) is 14.6 Å². The number of hydrogen-bond acceptors (Lipinski definition) is 5. The minimum atomic E-state index is -0.883. The van der Waals surface area contributed by atoms with Crippen LogP contribution in [0.2, 0.25) is 0 Å². The number of carboxylic acids is 1. The molecule has 8 heteroatoms. The molecule has 0 bridgehead atoms. The lowest BCUT2D eigenvalue weighted by atomic mass is 9.98. The van der Waals surface area contributed by atoms with Crippen LogP contribution in [-0.2, 0) is 19.1 Å². The Balaban J connectivity index is 1.14. The molecule has 168 valence electrons. The number of nitrogens with one attached hydrogen (secondary N) is 2. The second-order valence-electron chi connectivity index (χ2n) is 8.17. The van der Waals surface area contributed by atoms with Gasteiger partial charge in [-0.25, -0.2) is 4.79 Å². The molecule has 8 nitrogen and oxygen atoms in total. The minimum absolute atomic E-state index is 0.00587. The van der Waals surface area contributed by atoms with E-state index in [0.717, 1.165) is 11.1 Å². The standard InChI is InChI=1S/C24H26N2O6/c27-21(26-15-24(9-10-24)22(28)29)14-31-12-11-25-23(30)32-13-20-18-7-3-1-5-16(18)17-6-2-4-8-19(17)20/h1-8,20H,9-15H2,(H,25,30)(H,26,27)(H,28,29). The molecule has 3 N–H and O–H groups in total. The van der Waals surface area contributed by atoms with E-state index in [9.17, 15) is 14.4 Å². The lowest BCUT2D eigenvalue weighted by molar-refractivity contribution is -0.143. The van der Waals surface area contributed by atoms with Crippen LogP contribution >= 0.6 is 0 Å². The van der Waals surface area contributed by atoms with Gasteiger partial charge in [-0.2, -0.15) is 0 Å². The first-order chi connectivity index (χ1) is 15.5. The van der Waals surface area contributed by atoms with Crippen molar-refractivity contribution < 1.29 is 29.0 Å². The van der Waals surface area contributed by atoms with Crippen LogP contribution in [0.4, 0.5) is 4.79 Å². The first-order valence-electron chi connectivity index (χ1n) is 10.7. The predicted molar refractivity (Wildman–Crippen MR) is 116 cm³/mol. The smallest absolute Gasteiger partial charge is 0.407 e. The molecule has 0 radical (unpaired) electrons. The van der Waals surface area contributed by atoms with Crippen LogP contribution in [0.5, 0.6) is 0 Å². The molecule has 0 unspecified atom stereocenters. The molecule has 1 fully saturated rings. The monoisotopic (exact) mass is 438 g/mol. The average Bonchev–Trinajstić information content (AvgIpc) is 3.53. The number of hydrogen-bond donors (Lipinski definition) is 3. The molecule has 0 aliphatic heterocycles. The van der Waals surface area contributed by atoms with Gasteiger partial charge in [0.05, 0.1) is 12.0 Å². The number of alkyl carbamates (subject to hydrolysis) is 1. The second-order valence-corrected chi connectivity index (χ2v) is 8.17. The summed E-state index contributed by atoms with van der Waals surface area (Å²) < 4.78 is 10.7. The number of carboxylic acid groups (broad SMARTS) is 1. The van der Waals surface area contributed by atoms with Crippen molar-refractivity contribution >= 4 is 18.0 Å². The van der Waals surface area contributed by atoms with Crippen molar-refractivity contribution in [2.75, 3.05) is 32.9 Å². The third-order valence-corrected chi connectivity index (χ3v) is 6.02. The van der Waals surface area contributed by atoms with Crippen molar-refractivity contribution in [3.05, 3.63) is 59.7 Å². The van der Waals surface area contributed by atoms with Crippen LogP contribution in [-0.4, -0.2) is 56.0 Å². The van der Waals surface area contributed by atoms with Crippen LogP contribution in [0.25, 0.3) is 11.1 Å².